The number of unbranched alkanes of at least 4 members (excludes halogenated alkanes) is 1. The fraction of sp³-hybridized carbons (Fsp3) is 0.562. The number of esters is 1. The van der Waals surface area contributed by atoms with Gasteiger partial charge < -0.3 is 14.6 Å². The van der Waals surface area contributed by atoms with Crippen molar-refractivity contribution in [2.75, 3.05) is 13.2 Å². The van der Waals surface area contributed by atoms with Gasteiger partial charge in [-0.3, -0.25) is 4.79 Å². The minimum absolute atomic E-state index is 0.0303. The van der Waals surface area contributed by atoms with Crippen LogP contribution in [0.3, 0.4) is 0 Å². The molecular weight excluding hydrogens is 256 g/mol. The number of ether oxygens (including phenoxy) is 2. The highest BCUT2D eigenvalue weighted by Crippen LogP contribution is 2.14. The van der Waals surface area contributed by atoms with E-state index in [0.717, 1.165) is 30.8 Å². The third-order valence-electron chi connectivity index (χ3n) is 2.87. The van der Waals surface area contributed by atoms with Gasteiger partial charge in [-0.25, -0.2) is 0 Å². The molecule has 0 amide bonds. The van der Waals surface area contributed by atoms with E-state index in [1.165, 1.54) is 0 Å². The first-order valence-corrected chi connectivity index (χ1v) is 7.21. The zero-order valence-electron chi connectivity index (χ0n) is 12.3. The lowest BCUT2D eigenvalue weighted by Gasteiger charge is -2.11. The van der Waals surface area contributed by atoms with Crippen LogP contribution in [0.4, 0.5) is 0 Å². The Kier molecular flexibility index (Phi) is 7.73. The standard InChI is InChI=1S/C16H24O4/c1-3-5-10-20-15-8-6-13(7-9-15)11-14(17)12-16(18)19-4-2/h6-9,14,17H,3-5,10-12H2,1-2H3/t14-/m0/s1. The Morgan fingerprint density at radius 1 is 1.25 bits per heavy atom. The maximum absolute atomic E-state index is 11.2. The number of benzene rings is 1. The molecule has 0 saturated carbocycles. The Morgan fingerprint density at radius 3 is 2.55 bits per heavy atom. The topological polar surface area (TPSA) is 55.8 Å². The summed E-state index contributed by atoms with van der Waals surface area (Å²) in [5, 5.41) is 9.81. The molecule has 0 aliphatic carbocycles. The van der Waals surface area contributed by atoms with Gasteiger partial charge in [0.05, 0.1) is 25.7 Å². The van der Waals surface area contributed by atoms with Crippen molar-refractivity contribution in [2.24, 2.45) is 0 Å². The van der Waals surface area contributed by atoms with Gasteiger partial charge in [0.25, 0.3) is 0 Å². The molecule has 1 N–H and O–H groups in total. The summed E-state index contributed by atoms with van der Waals surface area (Å²) in [6, 6.07) is 7.61. The maximum Gasteiger partial charge on any atom is 0.308 e. The molecule has 0 aliphatic rings. The molecule has 0 radical (unpaired) electrons. The Morgan fingerprint density at radius 2 is 1.95 bits per heavy atom. The lowest BCUT2D eigenvalue weighted by Crippen LogP contribution is -2.18. The van der Waals surface area contributed by atoms with E-state index >= 15 is 0 Å². The SMILES string of the molecule is CCCCOc1ccc(C[C@H](O)CC(=O)OCC)cc1. The first kappa shape index (κ1) is 16.5. The predicted octanol–water partition coefficient (Wildman–Crippen LogP) is 2.72. The van der Waals surface area contributed by atoms with Gasteiger partial charge in [-0.05, 0) is 37.5 Å². The van der Waals surface area contributed by atoms with Crippen molar-refractivity contribution < 1.29 is 19.4 Å². The summed E-state index contributed by atoms with van der Waals surface area (Å²) in [6.07, 6.45) is 1.91. The number of rotatable bonds is 9. The van der Waals surface area contributed by atoms with Gasteiger partial charge in [0.1, 0.15) is 5.75 Å². The van der Waals surface area contributed by atoms with Crippen molar-refractivity contribution in [3.05, 3.63) is 29.8 Å². The molecule has 1 aromatic rings. The van der Waals surface area contributed by atoms with Gasteiger partial charge >= 0.3 is 5.97 Å². The molecule has 0 bridgehead atoms. The largest absolute Gasteiger partial charge is 0.494 e. The molecule has 0 saturated heterocycles. The molecule has 0 heterocycles. The predicted molar refractivity (Wildman–Crippen MR) is 77.8 cm³/mol. The second kappa shape index (κ2) is 9.37. The molecule has 112 valence electrons. The van der Waals surface area contributed by atoms with Gasteiger partial charge in [0.2, 0.25) is 0 Å². The van der Waals surface area contributed by atoms with Crippen molar-refractivity contribution in [1.82, 2.24) is 0 Å². The quantitative estimate of drug-likeness (QED) is 0.558. The van der Waals surface area contributed by atoms with Crippen LogP contribution >= 0.6 is 0 Å². The van der Waals surface area contributed by atoms with Crippen LogP contribution in [-0.4, -0.2) is 30.4 Å². The van der Waals surface area contributed by atoms with Gasteiger partial charge in [-0.1, -0.05) is 25.5 Å². The molecule has 20 heavy (non-hydrogen) atoms. The molecule has 1 atom stereocenters. The van der Waals surface area contributed by atoms with Crippen LogP contribution in [0.2, 0.25) is 0 Å². The van der Waals surface area contributed by atoms with Gasteiger partial charge in [-0.15, -0.1) is 0 Å². The van der Waals surface area contributed by atoms with E-state index in [1.54, 1.807) is 6.92 Å². The number of hydrogen-bond acceptors (Lipinski definition) is 4. The zero-order chi connectivity index (χ0) is 14.8. The smallest absolute Gasteiger partial charge is 0.308 e. The number of hydrogen-bond donors (Lipinski definition) is 1. The third kappa shape index (κ3) is 6.57. The first-order chi connectivity index (χ1) is 9.65. The summed E-state index contributed by atoms with van der Waals surface area (Å²) in [5.74, 6) is 0.474. The lowest BCUT2D eigenvalue weighted by atomic mass is 10.1. The molecule has 4 heteroatoms. The summed E-state index contributed by atoms with van der Waals surface area (Å²) >= 11 is 0. The molecule has 0 aromatic heterocycles. The number of carbonyl (C=O) groups excluding carboxylic acids is 1. The summed E-state index contributed by atoms with van der Waals surface area (Å²) in [6.45, 7) is 4.94. The van der Waals surface area contributed by atoms with E-state index < -0.39 is 6.10 Å². The monoisotopic (exact) mass is 280 g/mol. The highest BCUT2D eigenvalue weighted by molar-refractivity contribution is 5.69. The van der Waals surface area contributed by atoms with Crippen molar-refractivity contribution in [3.8, 4) is 5.75 Å². The third-order valence-corrected chi connectivity index (χ3v) is 2.87. The Labute approximate surface area is 120 Å². The normalized spacial score (nSPS) is 11.9. The molecule has 0 fully saturated rings. The van der Waals surface area contributed by atoms with E-state index in [9.17, 15) is 9.90 Å². The highest BCUT2D eigenvalue weighted by atomic mass is 16.5. The summed E-state index contributed by atoms with van der Waals surface area (Å²) in [7, 11) is 0. The van der Waals surface area contributed by atoms with E-state index in [-0.39, 0.29) is 12.4 Å². The van der Waals surface area contributed by atoms with Crippen LogP contribution in [0.5, 0.6) is 5.75 Å². The number of aliphatic hydroxyl groups excluding tert-OH is 1. The average molecular weight is 280 g/mol. The van der Waals surface area contributed by atoms with Gasteiger partial charge in [0.15, 0.2) is 0 Å². The molecule has 1 rings (SSSR count). The van der Waals surface area contributed by atoms with Crippen molar-refractivity contribution in [2.45, 2.75) is 45.6 Å². The van der Waals surface area contributed by atoms with E-state index in [2.05, 4.69) is 6.92 Å². The minimum Gasteiger partial charge on any atom is -0.494 e. The summed E-state index contributed by atoms with van der Waals surface area (Å²) in [4.78, 5) is 11.2. The second-order valence-corrected chi connectivity index (χ2v) is 4.71. The van der Waals surface area contributed by atoms with Gasteiger partial charge in [0, 0.05) is 0 Å². The molecule has 0 aliphatic heterocycles. The molecule has 0 unspecified atom stereocenters. The maximum atomic E-state index is 11.2. The first-order valence-electron chi connectivity index (χ1n) is 7.21. The Hall–Kier alpha value is -1.55. The van der Waals surface area contributed by atoms with Crippen molar-refractivity contribution in [3.63, 3.8) is 0 Å². The van der Waals surface area contributed by atoms with Crippen LogP contribution in [-0.2, 0) is 16.0 Å². The Balaban J connectivity index is 2.38. The van der Waals surface area contributed by atoms with E-state index in [1.807, 2.05) is 24.3 Å². The summed E-state index contributed by atoms with van der Waals surface area (Å²) in [5.41, 5.74) is 0.977. The molecule has 1 aromatic carbocycles. The molecule has 0 spiro atoms. The van der Waals surface area contributed by atoms with Crippen molar-refractivity contribution >= 4 is 5.97 Å². The highest BCUT2D eigenvalue weighted by Gasteiger charge is 2.12. The number of carbonyl (C=O) groups is 1. The van der Waals surface area contributed by atoms with Gasteiger partial charge in [-0.2, -0.15) is 0 Å². The average Bonchev–Trinajstić information content (AvgIpc) is 2.41. The molecular formula is C16H24O4. The zero-order valence-corrected chi connectivity index (χ0v) is 12.3. The number of aliphatic hydroxyl groups is 1. The van der Waals surface area contributed by atoms with Crippen molar-refractivity contribution in [1.29, 1.82) is 0 Å². The minimum atomic E-state index is -0.707. The fourth-order valence-electron chi connectivity index (χ4n) is 1.81. The van der Waals surface area contributed by atoms with Crippen LogP contribution in [0.15, 0.2) is 24.3 Å². The van der Waals surface area contributed by atoms with E-state index in [0.29, 0.717) is 13.0 Å². The van der Waals surface area contributed by atoms with Crippen LogP contribution in [0.25, 0.3) is 0 Å². The van der Waals surface area contributed by atoms with Crippen LogP contribution in [0.1, 0.15) is 38.7 Å². The van der Waals surface area contributed by atoms with Crippen LogP contribution < -0.4 is 4.74 Å². The Bertz CT molecular complexity index is 386. The molecule has 4 nitrogen and oxygen atoms in total. The lowest BCUT2D eigenvalue weighted by molar-refractivity contribution is -0.145. The summed E-state index contributed by atoms with van der Waals surface area (Å²) < 4.78 is 10.4. The fourth-order valence-corrected chi connectivity index (χ4v) is 1.81. The van der Waals surface area contributed by atoms with Crippen LogP contribution in [0, 0.1) is 0 Å². The second-order valence-electron chi connectivity index (χ2n) is 4.71. The van der Waals surface area contributed by atoms with E-state index in [4.69, 9.17) is 9.47 Å².